The van der Waals surface area contributed by atoms with Gasteiger partial charge in [-0.1, -0.05) is 32.0 Å². The van der Waals surface area contributed by atoms with E-state index in [1.54, 1.807) is 19.9 Å². The van der Waals surface area contributed by atoms with Crippen LogP contribution >= 0.6 is 0 Å². The Bertz CT molecular complexity index is 576. The van der Waals surface area contributed by atoms with E-state index in [0.29, 0.717) is 0 Å². The number of carbonyl (C=O) groups excluding carboxylic acids is 2. The molecular weight excluding hydrogens is 275 g/mol. The molecule has 0 saturated carbocycles. The Kier molecular flexibility index (Phi) is 4.00. The molecule has 0 bridgehead atoms. The van der Waals surface area contributed by atoms with Gasteiger partial charge in [0.15, 0.2) is 0 Å². The third-order valence-electron chi connectivity index (χ3n) is 3.83. The molecule has 2 unspecified atom stereocenters. The van der Waals surface area contributed by atoms with Crippen LogP contribution in [0.4, 0.5) is 9.18 Å². The van der Waals surface area contributed by atoms with Crippen LogP contribution in [0.2, 0.25) is 0 Å². The molecule has 3 amide bonds. The molecular formula is C15H19FN2O3. The Balaban J connectivity index is 2.31. The Hall–Kier alpha value is -1.95. The standard InChI is InChI=1S/C15H19FN2O3/c1-9(2)12(19)8-18-13(20)15(3,17-14(18)21)10-6-4-5-7-11(10)16/h4-7,9,12,19H,8H2,1-3H3,(H,17,21). The Morgan fingerprint density at radius 1 is 1.33 bits per heavy atom. The van der Waals surface area contributed by atoms with Crippen molar-refractivity contribution in [3.63, 3.8) is 0 Å². The highest BCUT2D eigenvalue weighted by Gasteiger charge is 2.50. The number of hydrogen-bond acceptors (Lipinski definition) is 3. The van der Waals surface area contributed by atoms with Crippen LogP contribution in [0.5, 0.6) is 0 Å². The van der Waals surface area contributed by atoms with Gasteiger partial charge >= 0.3 is 6.03 Å². The summed E-state index contributed by atoms with van der Waals surface area (Å²) in [6, 6.07) is 5.21. The van der Waals surface area contributed by atoms with Gasteiger partial charge < -0.3 is 10.4 Å². The van der Waals surface area contributed by atoms with Crippen LogP contribution in [-0.2, 0) is 10.3 Å². The predicted molar refractivity (Wildman–Crippen MR) is 74.8 cm³/mol. The van der Waals surface area contributed by atoms with Crippen LogP contribution in [0, 0.1) is 11.7 Å². The molecule has 21 heavy (non-hydrogen) atoms. The second-order valence-corrected chi connectivity index (χ2v) is 5.76. The van der Waals surface area contributed by atoms with E-state index in [-0.39, 0.29) is 18.0 Å². The fourth-order valence-corrected chi connectivity index (χ4v) is 2.31. The van der Waals surface area contributed by atoms with E-state index in [2.05, 4.69) is 5.32 Å². The van der Waals surface area contributed by atoms with Gasteiger partial charge in [0, 0.05) is 5.56 Å². The molecule has 1 aromatic carbocycles. The van der Waals surface area contributed by atoms with Crippen molar-refractivity contribution >= 4 is 11.9 Å². The molecule has 114 valence electrons. The van der Waals surface area contributed by atoms with E-state index in [9.17, 15) is 19.1 Å². The molecule has 6 heteroatoms. The van der Waals surface area contributed by atoms with Crippen LogP contribution < -0.4 is 5.32 Å². The van der Waals surface area contributed by atoms with Gasteiger partial charge in [-0.05, 0) is 18.9 Å². The van der Waals surface area contributed by atoms with Crippen molar-refractivity contribution in [3.05, 3.63) is 35.6 Å². The minimum Gasteiger partial charge on any atom is -0.391 e. The fraction of sp³-hybridized carbons (Fsp3) is 0.467. The molecule has 0 spiro atoms. The lowest BCUT2D eigenvalue weighted by atomic mass is 9.91. The average Bonchev–Trinajstić information content (AvgIpc) is 2.63. The number of hydrogen-bond donors (Lipinski definition) is 2. The van der Waals surface area contributed by atoms with Crippen molar-refractivity contribution in [1.82, 2.24) is 10.2 Å². The first-order chi connectivity index (χ1) is 9.77. The number of urea groups is 1. The molecule has 0 aliphatic carbocycles. The number of halogens is 1. The second kappa shape index (κ2) is 5.44. The second-order valence-electron chi connectivity index (χ2n) is 5.76. The number of carbonyl (C=O) groups is 2. The predicted octanol–water partition coefficient (Wildman–Crippen LogP) is 1.61. The number of benzene rings is 1. The highest BCUT2D eigenvalue weighted by Crippen LogP contribution is 2.30. The summed E-state index contributed by atoms with van der Waals surface area (Å²) in [7, 11) is 0. The third-order valence-corrected chi connectivity index (χ3v) is 3.83. The van der Waals surface area contributed by atoms with Crippen molar-refractivity contribution in [2.24, 2.45) is 5.92 Å². The van der Waals surface area contributed by atoms with Crippen molar-refractivity contribution in [1.29, 1.82) is 0 Å². The summed E-state index contributed by atoms with van der Waals surface area (Å²) < 4.78 is 13.9. The summed E-state index contributed by atoms with van der Waals surface area (Å²) in [5, 5.41) is 12.4. The molecule has 1 heterocycles. The Morgan fingerprint density at radius 2 is 1.95 bits per heavy atom. The third kappa shape index (κ3) is 2.63. The van der Waals surface area contributed by atoms with Crippen molar-refractivity contribution < 1.29 is 19.1 Å². The first kappa shape index (κ1) is 15.4. The lowest BCUT2D eigenvalue weighted by Crippen LogP contribution is -2.43. The molecule has 1 aliphatic heterocycles. The van der Waals surface area contributed by atoms with E-state index in [1.807, 2.05) is 0 Å². The largest absolute Gasteiger partial charge is 0.391 e. The van der Waals surface area contributed by atoms with Gasteiger partial charge in [-0.2, -0.15) is 0 Å². The molecule has 2 N–H and O–H groups in total. The molecule has 1 aliphatic rings. The minimum atomic E-state index is -1.45. The van der Waals surface area contributed by atoms with Crippen LogP contribution in [0.25, 0.3) is 0 Å². The van der Waals surface area contributed by atoms with Crippen molar-refractivity contribution in [2.45, 2.75) is 32.4 Å². The summed E-state index contributed by atoms with van der Waals surface area (Å²) in [5.74, 6) is -1.21. The summed E-state index contributed by atoms with van der Waals surface area (Å²) in [6.07, 6.45) is -0.817. The minimum absolute atomic E-state index is 0.0917. The van der Waals surface area contributed by atoms with Gasteiger partial charge in [0.05, 0.1) is 12.6 Å². The summed E-state index contributed by atoms with van der Waals surface area (Å²) in [4.78, 5) is 25.5. The molecule has 1 saturated heterocycles. The Morgan fingerprint density at radius 3 is 2.52 bits per heavy atom. The first-order valence-corrected chi connectivity index (χ1v) is 6.84. The van der Waals surface area contributed by atoms with Crippen LogP contribution in [0.15, 0.2) is 24.3 Å². The summed E-state index contributed by atoms with van der Waals surface area (Å²) in [6.45, 7) is 4.94. The number of rotatable bonds is 4. The highest BCUT2D eigenvalue weighted by molar-refractivity contribution is 6.07. The average molecular weight is 294 g/mol. The number of aliphatic hydroxyl groups excluding tert-OH is 1. The Labute approximate surface area is 122 Å². The molecule has 0 radical (unpaired) electrons. The van der Waals surface area contributed by atoms with Gasteiger partial charge in [-0.3, -0.25) is 9.69 Å². The zero-order valence-corrected chi connectivity index (χ0v) is 12.3. The molecule has 2 atom stereocenters. The number of aliphatic hydroxyl groups is 1. The zero-order chi connectivity index (χ0) is 15.8. The summed E-state index contributed by atoms with van der Waals surface area (Å²) >= 11 is 0. The smallest absolute Gasteiger partial charge is 0.325 e. The molecule has 2 rings (SSSR count). The van der Waals surface area contributed by atoms with Gasteiger partial charge in [-0.25, -0.2) is 9.18 Å². The number of nitrogens with zero attached hydrogens (tertiary/aromatic N) is 1. The SMILES string of the molecule is CC(C)C(O)CN1C(=O)NC(C)(c2ccccc2F)C1=O. The van der Waals surface area contributed by atoms with Gasteiger partial charge in [0.25, 0.3) is 5.91 Å². The molecule has 1 fully saturated rings. The maximum absolute atomic E-state index is 13.9. The van der Waals surface area contributed by atoms with Crippen LogP contribution in [-0.4, -0.2) is 34.6 Å². The normalized spacial score (nSPS) is 23.6. The van der Waals surface area contributed by atoms with Gasteiger partial charge in [-0.15, -0.1) is 0 Å². The molecule has 1 aromatic rings. The maximum Gasteiger partial charge on any atom is 0.325 e. The lowest BCUT2D eigenvalue weighted by Gasteiger charge is -2.24. The van der Waals surface area contributed by atoms with Gasteiger partial charge in [0.1, 0.15) is 11.4 Å². The van der Waals surface area contributed by atoms with Crippen molar-refractivity contribution in [3.8, 4) is 0 Å². The summed E-state index contributed by atoms with van der Waals surface area (Å²) in [5.41, 5.74) is -1.33. The zero-order valence-electron chi connectivity index (χ0n) is 12.3. The topological polar surface area (TPSA) is 69.6 Å². The van der Waals surface area contributed by atoms with Crippen molar-refractivity contribution in [2.75, 3.05) is 6.54 Å². The monoisotopic (exact) mass is 294 g/mol. The van der Waals surface area contributed by atoms with E-state index < -0.39 is 29.4 Å². The fourth-order valence-electron chi connectivity index (χ4n) is 2.31. The molecule has 5 nitrogen and oxygen atoms in total. The highest BCUT2D eigenvalue weighted by atomic mass is 19.1. The number of imide groups is 1. The quantitative estimate of drug-likeness (QED) is 0.829. The number of β-amino-alcohol motifs (C(OH)–C–C–N with tert-alkyl or cyclic N) is 1. The van der Waals surface area contributed by atoms with Crippen LogP contribution in [0.1, 0.15) is 26.3 Å². The lowest BCUT2D eigenvalue weighted by molar-refractivity contribution is -0.132. The van der Waals surface area contributed by atoms with Gasteiger partial charge in [0.2, 0.25) is 0 Å². The molecule has 0 aromatic heterocycles. The van der Waals surface area contributed by atoms with E-state index in [1.165, 1.54) is 25.1 Å². The van der Waals surface area contributed by atoms with Crippen LogP contribution in [0.3, 0.4) is 0 Å². The number of amides is 3. The maximum atomic E-state index is 13.9. The number of nitrogens with one attached hydrogen (secondary N) is 1. The van der Waals surface area contributed by atoms with E-state index in [4.69, 9.17) is 0 Å². The first-order valence-electron chi connectivity index (χ1n) is 6.84. The van der Waals surface area contributed by atoms with E-state index >= 15 is 0 Å². The van der Waals surface area contributed by atoms with E-state index in [0.717, 1.165) is 4.90 Å².